The molecule has 1 atom stereocenters. The molecule has 0 fully saturated rings. The number of aryl methyl sites for hydroxylation is 4. The molecule has 1 aromatic carbocycles. The highest BCUT2D eigenvalue weighted by Crippen LogP contribution is 2.26. The van der Waals surface area contributed by atoms with Crippen LogP contribution in [0.2, 0.25) is 0 Å². The molecular formula is C22H25N5O4. The molecule has 0 unspecified atom stereocenters. The van der Waals surface area contributed by atoms with Gasteiger partial charge in [0.05, 0.1) is 7.11 Å². The zero-order valence-electron chi connectivity index (χ0n) is 18.7. The summed E-state index contributed by atoms with van der Waals surface area (Å²) in [5.41, 5.74) is 4.20. The van der Waals surface area contributed by atoms with E-state index in [0.29, 0.717) is 5.78 Å². The van der Waals surface area contributed by atoms with E-state index in [1.165, 1.54) is 18.6 Å². The minimum Gasteiger partial charge on any atom is -0.467 e. The number of carbonyl (C=O) groups is 1. The lowest BCUT2D eigenvalue weighted by atomic mass is 10.1. The van der Waals surface area contributed by atoms with Gasteiger partial charge in [-0.15, -0.1) is 0 Å². The topological polar surface area (TPSA) is 92.5 Å². The highest BCUT2D eigenvalue weighted by molar-refractivity contribution is 5.78. The van der Waals surface area contributed by atoms with Crippen molar-refractivity contribution >= 4 is 22.9 Å². The normalized spacial score (nSPS) is 12.6. The lowest BCUT2D eigenvalue weighted by Gasteiger charge is -2.13. The van der Waals surface area contributed by atoms with E-state index < -0.39 is 23.3 Å². The quantitative estimate of drug-likeness (QED) is 0.471. The first-order chi connectivity index (χ1) is 14.6. The smallest absolute Gasteiger partial charge is 0.333 e. The van der Waals surface area contributed by atoms with Crippen LogP contribution < -0.4 is 11.2 Å². The zero-order valence-corrected chi connectivity index (χ0v) is 18.7. The van der Waals surface area contributed by atoms with E-state index in [0.717, 1.165) is 32.8 Å². The Bertz CT molecular complexity index is 1480. The molecule has 0 amide bonds. The minimum atomic E-state index is -1.06. The van der Waals surface area contributed by atoms with E-state index >= 15 is 0 Å². The van der Waals surface area contributed by atoms with Gasteiger partial charge in [0.1, 0.15) is 6.04 Å². The average Bonchev–Trinajstić information content (AvgIpc) is 3.20. The molecule has 162 valence electrons. The van der Waals surface area contributed by atoms with Gasteiger partial charge in [0.2, 0.25) is 5.78 Å². The first kappa shape index (κ1) is 20.6. The third-order valence-corrected chi connectivity index (χ3v) is 5.86. The molecule has 0 saturated heterocycles. The van der Waals surface area contributed by atoms with Crippen molar-refractivity contribution in [3.8, 4) is 5.69 Å². The number of esters is 1. The van der Waals surface area contributed by atoms with Crippen LogP contribution in [-0.2, 0) is 16.6 Å². The maximum Gasteiger partial charge on any atom is 0.333 e. The lowest BCUT2D eigenvalue weighted by molar-refractivity contribution is -0.144. The summed E-state index contributed by atoms with van der Waals surface area (Å²) < 4.78 is 10.7. The number of benzene rings is 1. The second-order valence-corrected chi connectivity index (χ2v) is 7.99. The second kappa shape index (κ2) is 6.97. The molecule has 31 heavy (non-hydrogen) atoms. The monoisotopic (exact) mass is 423 g/mol. The number of fused-ring (bicyclic) bond motifs is 3. The fraction of sp³-hybridized carbons (Fsp3) is 0.364. The van der Waals surface area contributed by atoms with Crippen LogP contribution >= 0.6 is 0 Å². The van der Waals surface area contributed by atoms with E-state index in [1.54, 1.807) is 11.4 Å². The largest absolute Gasteiger partial charge is 0.467 e. The Balaban J connectivity index is 2.18. The molecule has 0 N–H and O–H groups in total. The SMILES string of the molecule is COC(=O)[C@H](C)n1c(=O)c2c(nc3n(-c4cc(C)cc(C)c4)c(C)c(C)n23)n(C)c1=O. The van der Waals surface area contributed by atoms with Crippen LogP contribution in [0.5, 0.6) is 0 Å². The summed E-state index contributed by atoms with van der Waals surface area (Å²) in [6, 6.07) is 5.13. The van der Waals surface area contributed by atoms with Crippen LogP contribution in [0.3, 0.4) is 0 Å². The molecule has 4 rings (SSSR count). The molecule has 0 bridgehead atoms. The van der Waals surface area contributed by atoms with Gasteiger partial charge in [0.15, 0.2) is 11.2 Å². The van der Waals surface area contributed by atoms with Gasteiger partial charge in [-0.1, -0.05) is 6.07 Å². The number of nitrogens with zero attached hydrogens (tertiary/aromatic N) is 5. The van der Waals surface area contributed by atoms with Crippen molar-refractivity contribution in [1.82, 2.24) is 23.1 Å². The summed E-state index contributed by atoms with van der Waals surface area (Å²) in [4.78, 5) is 43.1. The minimum absolute atomic E-state index is 0.247. The van der Waals surface area contributed by atoms with Crippen molar-refractivity contribution in [3.05, 3.63) is 61.6 Å². The van der Waals surface area contributed by atoms with E-state index in [-0.39, 0.29) is 11.2 Å². The summed E-state index contributed by atoms with van der Waals surface area (Å²) in [5, 5.41) is 0. The maximum atomic E-state index is 13.4. The summed E-state index contributed by atoms with van der Waals surface area (Å²) in [6.07, 6.45) is 0. The number of rotatable bonds is 3. The standard InChI is InChI=1S/C22H25N5O4/c1-11-8-12(2)10-16(9-11)25-13(3)14(4)26-17-18(23-21(25)26)24(6)22(30)27(19(17)28)15(5)20(29)31-7/h8-10,15H,1-7H3/t15-/m0/s1. The van der Waals surface area contributed by atoms with Crippen molar-refractivity contribution in [2.75, 3.05) is 7.11 Å². The van der Waals surface area contributed by atoms with Gasteiger partial charge in [-0.05, 0) is 57.9 Å². The fourth-order valence-corrected chi connectivity index (χ4v) is 4.22. The molecule has 0 saturated carbocycles. The molecule has 0 aliphatic rings. The van der Waals surface area contributed by atoms with Gasteiger partial charge < -0.3 is 4.74 Å². The highest BCUT2D eigenvalue weighted by atomic mass is 16.5. The van der Waals surface area contributed by atoms with Crippen molar-refractivity contribution in [2.45, 2.75) is 40.7 Å². The third-order valence-electron chi connectivity index (χ3n) is 5.86. The summed E-state index contributed by atoms with van der Waals surface area (Å²) in [6.45, 7) is 9.39. The number of hydrogen-bond donors (Lipinski definition) is 0. The zero-order chi connectivity index (χ0) is 22.8. The van der Waals surface area contributed by atoms with Crippen molar-refractivity contribution in [1.29, 1.82) is 0 Å². The summed E-state index contributed by atoms with van der Waals surface area (Å²) in [7, 11) is 2.77. The lowest BCUT2D eigenvalue weighted by Crippen LogP contribution is -2.43. The molecule has 0 radical (unpaired) electrons. The van der Waals surface area contributed by atoms with E-state index in [4.69, 9.17) is 4.74 Å². The Kier molecular flexibility index (Phi) is 4.64. The number of hydrogen-bond acceptors (Lipinski definition) is 5. The predicted octanol–water partition coefficient (Wildman–Crippen LogP) is 2.11. The Morgan fingerprint density at radius 2 is 1.65 bits per heavy atom. The summed E-state index contributed by atoms with van der Waals surface area (Å²) >= 11 is 0. The Morgan fingerprint density at radius 3 is 2.23 bits per heavy atom. The Morgan fingerprint density at radius 1 is 1.03 bits per heavy atom. The number of methoxy groups -OCH3 is 1. The molecule has 3 heterocycles. The maximum absolute atomic E-state index is 13.4. The number of ether oxygens (including phenoxy) is 1. The first-order valence-electron chi connectivity index (χ1n) is 9.96. The van der Waals surface area contributed by atoms with Crippen LogP contribution in [-0.4, -0.2) is 36.2 Å². The van der Waals surface area contributed by atoms with Crippen LogP contribution in [0.1, 0.15) is 35.5 Å². The van der Waals surface area contributed by atoms with Gasteiger partial charge in [-0.3, -0.25) is 18.3 Å². The van der Waals surface area contributed by atoms with Gasteiger partial charge in [0.25, 0.3) is 5.56 Å². The Labute approximate surface area is 178 Å². The fourth-order valence-electron chi connectivity index (χ4n) is 4.22. The van der Waals surface area contributed by atoms with Crippen molar-refractivity contribution in [2.24, 2.45) is 7.05 Å². The van der Waals surface area contributed by atoms with Gasteiger partial charge >= 0.3 is 11.7 Å². The Hall–Kier alpha value is -3.62. The number of aromatic nitrogens is 5. The number of imidazole rings is 2. The van der Waals surface area contributed by atoms with Crippen LogP contribution in [0.15, 0.2) is 27.8 Å². The van der Waals surface area contributed by atoms with Gasteiger partial charge in [-0.2, -0.15) is 4.98 Å². The van der Waals surface area contributed by atoms with Crippen molar-refractivity contribution in [3.63, 3.8) is 0 Å². The second-order valence-electron chi connectivity index (χ2n) is 7.99. The van der Waals surface area contributed by atoms with Gasteiger partial charge in [0, 0.05) is 24.1 Å². The molecule has 0 aliphatic carbocycles. The molecule has 0 spiro atoms. The molecular weight excluding hydrogens is 398 g/mol. The van der Waals surface area contributed by atoms with Crippen LogP contribution in [0.4, 0.5) is 0 Å². The van der Waals surface area contributed by atoms with Crippen molar-refractivity contribution < 1.29 is 9.53 Å². The number of carbonyl (C=O) groups excluding carboxylic acids is 1. The third kappa shape index (κ3) is 2.83. The highest BCUT2D eigenvalue weighted by Gasteiger charge is 2.27. The molecule has 0 aliphatic heterocycles. The van der Waals surface area contributed by atoms with E-state index in [2.05, 4.69) is 23.2 Å². The molecule has 3 aromatic heterocycles. The summed E-state index contributed by atoms with van der Waals surface area (Å²) in [5.74, 6) is -0.134. The first-order valence-corrected chi connectivity index (χ1v) is 9.96. The predicted molar refractivity (Wildman–Crippen MR) is 117 cm³/mol. The van der Waals surface area contributed by atoms with Gasteiger partial charge in [-0.25, -0.2) is 14.2 Å². The van der Waals surface area contributed by atoms with Crippen LogP contribution in [0.25, 0.3) is 22.6 Å². The average molecular weight is 423 g/mol. The molecule has 4 aromatic rings. The molecule has 9 nitrogen and oxygen atoms in total. The van der Waals surface area contributed by atoms with Crippen LogP contribution in [0, 0.1) is 27.7 Å². The van der Waals surface area contributed by atoms with E-state index in [1.807, 2.05) is 32.3 Å². The molecule has 9 heteroatoms. The van der Waals surface area contributed by atoms with E-state index in [9.17, 15) is 14.4 Å².